The molecule has 0 aromatic heterocycles. The minimum Gasteiger partial charge on any atom is -0.398 e. The van der Waals surface area contributed by atoms with E-state index >= 15 is 0 Å². The van der Waals surface area contributed by atoms with Gasteiger partial charge in [0.1, 0.15) is 0 Å². The molecule has 0 bridgehead atoms. The summed E-state index contributed by atoms with van der Waals surface area (Å²) in [6.07, 6.45) is 2.25. The van der Waals surface area contributed by atoms with Gasteiger partial charge in [-0.15, -0.1) is 0 Å². The Labute approximate surface area is 102 Å². The Kier molecular flexibility index (Phi) is 3.64. The molecular formula is C13H19N3O. The van der Waals surface area contributed by atoms with Crippen LogP contribution >= 0.6 is 0 Å². The van der Waals surface area contributed by atoms with E-state index in [0.717, 1.165) is 24.1 Å². The Hall–Kier alpha value is -1.55. The topological polar surface area (TPSA) is 58.4 Å². The second kappa shape index (κ2) is 5.19. The van der Waals surface area contributed by atoms with Crippen molar-refractivity contribution in [1.82, 2.24) is 10.2 Å². The lowest BCUT2D eigenvalue weighted by molar-refractivity contribution is -0.122. The first-order valence-corrected chi connectivity index (χ1v) is 5.96. The summed E-state index contributed by atoms with van der Waals surface area (Å²) >= 11 is 0. The average molecular weight is 233 g/mol. The molecule has 0 saturated heterocycles. The number of anilines is 1. The first-order chi connectivity index (χ1) is 8.15. The van der Waals surface area contributed by atoms with Crippen LogP contribution in [-0.4, -0.2) is 30.4 Å². The maximum absolute atomic E-state index is 11.6. The van der Waals surface area contributed by atoms with Crippen molar-refractivity contribution in [2.45, 2.75) is 25.4 Å². The molecule has 1 aliphatic rings. The minimum absolute atomic E-state index is 0.101. The third-order valence-corrected chi connectivity index (χ3v) is 2.85. The fourth-order valence-electron chi connectivity index (χ4n) is 1.77. The van der Waals surface area contributed by atoms with Gasteiger partial charge in [0.2, 0.25) is 5.91 Å². The highest BCUT2D eigenvalue weighted by Crippen LogP contribution is 2.18. The van der Waals surface area contributed by atoms with Gasteiger partial charge in [-0.1, -0.05) is 18.2 Å². The Morgan fingerprint density at radius 3 is 2.82 bits per heavy atom. The van der Waals surface area contributed by atoms with Crippen molar-refractivity contribution in [2.24, 2.45) is 0 Å². The molecule has 0 heterocycles. The van der Waals surface area contributed by atoms with Crippen molar-refractivity contribution in [3.8, 4) is 0 Å². The number of benzene rings is 1. The SMILES string of the molecule is CN(CC(=O)NC1CC1)Cc1ccccc1N. The summed E-state index contributed by atoms with van der Waals surface area (Å²) < 4.78 is 0. The van der Waals surface area contributed by atoms with Gasteiger partial charge in [0.05, 0.1) is 6.54 Å². The number of nitrogen functional groups attached to an aromatic ring is 1. The largest absolute Gasteiger partial charge is 0.398 e. The summed E-state index contributed by atoms with van der Waals surface area (Å²) in [5.74, 6) is 0.101. The van der Waals surface area contributed by atoms with Crippen LogP contribution in [0.5, 0.6) is 0 Å². The predicted molar refractivity (Wildman–Crippen MR) is 68.4 cm³/mol. The molecule has 1 saturated carbocycles. The molecular weight excluding hydrogens is 214 g/mol. The van der Waals surface area contributed by atoms with Crippen LogP contribution in [0.15, 0.2) is 24.3 Å². The normalized spacial score (nSPS) is 14.9. The molecule has 1 aromatic rings. The van der Waals surface area contributed by atoms with E-state index in [0.29, 0.717) is 19.1 Å². The smallest absolute Gasteiger partial charge is 0.234 e. The molecule has 3 N–H and O–H groups in total. The van der Waals surface area contributed by atoms with Gasteiger partial charge in [0.25, 0.3) is 0 Å². The molecule has 4 heteroatoms. The standard InChI is InChI=1S/C13H19N3O/c1-16(9-13(17)15-11-6-7-11)8-10-4-2-3-5-12(10)14/h2-5,11H,6-9,14H2,1H3,(H,15,17). The number of amides is 1. The third-order valence-electron chi connectivity index (χ3n) is 2.85. The van der Waals surface area contributed by atoms with Crippen molar-refractivity contribution >= 4 is 11.6 Å². The quantitative estimate of drug-likeness (QED) is 0.745. The highest BCUT2D eigenvalue weighted by atomic mass is 16.2. The molecule has 0 unspecified atom stereocenters. The predicted octanol–water partition coefficient (Wildman–Crippen LogP) is 0.979. The van der Waals surface area contributed by atoms with Crippen LogP contribution in [-0.2, 0) is 11.3 Å². The molecule has 0 atom stereocenters. The highest BCUT2D eigenvalue weighted by Gasteiger charge is 2.23. The molecule has 92 valence electrons. The number of carbonyl (C=O) groups excluding carboxylic acids is 1. The van der Waals surface area contributed by atoms with Crippen molar-refractivity contribution in [3.05, 3.63) is 29.8 Å². The summed E-state index contributed by atoms with van der Waals surface area (Å²) in [5, 5.41) is 2.97. The Balaban J connectivity index is 1.81. The summed E-state index contributed by atoms with van der Waals surface area (Å²) in [4.78, 5) is 13.6. The van der Waals surface area contributed by atoms with Crippen molar-refractivity contribution in [3.63, 3.8) is 0 Å². The fraction of sp³-hybridized carbons (Fsp3) is 0.462. The number of hydrogen-bond donors (Lipinski definition) is 2. The van der Waals surface area contributed by atoms with Crippen molar-refractivity contribution in [2.75, 3.05) is 19.3 Å². The van der Waals surface area contributed by atoms with E-state index in [1.54, 1.807) is 0 Å². The lowest BCUT2D eigenvalue weighted by Gasteiger charge is -2.17. The van der Waals surface area contributed by atoms with Crippen molar-refractivity contribution < 1.29 is 4.79 Å². The summed E-state index contributed by atoms with van der Waals surface area (Å²) in [7, 11) is 1.93. The number of likely N-dealkylation sites (N-methyl/N-ethyl adjacent to an activating group) is 1. The lowest BCUT2D eigenvalue weighted by Crippen LogP contribution is -2.36. The van der Waals surface area contributed by atoms with E-state index < -0.39 is 0 Å². The summed E-state index contributed by atoms with van der Waals surface area (Å²) in [5.41, 5.74) is 7.71. The van der Waals surface area contributed by atoms with Gasteiger partial charge < -0.3 is 11.1 Å². The summed E-state index contributed by atoms with van der Waals surface area (Å²) in [6, 6.07) is 8.18. The molecule has 0 spiro atoms. The first kappa shape index (κ1) is 11.9. The number of nitrogens with two attached hydrogens (primary N) is 1. The number of nitrogens with zero attached hydrogens (tertiary/aromatic N) is 1. The van der Waals surface area contributed by atoms with E-state index in [1.165, 1.54) is 0 Å². The van der Waals surface area contributed by atoms with Crippen LogP contribution < -0.4 is 11.1 Å². The molecule has 0 aliphatic heterocycles. The van der Waals surface area contributed by atoms with E-state index in [2.05, 4.69) is 5.32 Å². The fourth-order valence-corrected chi connectivity index (χ4v) is 1.77. The molecule has 17 heavy (non-hydrogen) atoms. The van der Waals surface area contributed by atoms with Gasteiger partial charge in [-0.3, -0.25) is 9.69 Å². The number of carbonyl (C=O) groups is 1. The van der Waals surface area contributed by atoms with Gasteiger partial charge >= 0.3 is 0 Å². The highest BCUT2D eigenvalue weighted by molar-refractivity contribution is 5.78. The number of para-hydroxylation sites is 1. The maximum Gasteiger partial charge on any atom is 0.234 e. The van der Waals surface area contributed by atoms with Gasteiger partial charge in [-0.05, 0) is 31.5 Å². The second-order valence-electron chi connectivity index (χ2n) is 4.71. The lowest BCUT2D eigenvalue weighted by atomic mass is 10.2. The number of rotatable bonds is 5. The monoisotopic (exact) mass is 233 g/mol. The van der Waals surface area contributed by atoms with E-state index in [9.17, 15) is 4.79 Å². The number of nitrogens with one attached hydrogen (secondary N) is 1. The van der Waals surface area contributed by atoms with Crippen LogP contribution in [0.2, 0.25) is 0 Å². The van der Waals surface area contributed by atoms with Gasteiger partial charge in [-0.2, -0.15) is 0 Å². The van der Waals surface area contributed by atoms with Gasteiger partial charge in [-0.25, -0.2) is 0 Å². The van der Waals surface area contributed by atoms with Gasteiger partial charge in [0.15, 0.2) is 0 Å². The van der Waals surface area contributed by atoms with Crippen LogP contribution in [0.1, 0.15) is 18.4 Å². The maximum atomic E-state index is 11.6. The van der Waals surface area contributed by atoms with Crippen LogP contribution in [0, 0.1) is 0 Å². The molecule has 4 nitrogen and oxygen atoms in total. The van der Waals surface area contributed by atoms with E-state index in [4.69, 9.17) is 5.73 Å². The Morgan fingerprint density at radius 1 is 1.47 bits per heavy atom. The number of hydrogen-bond acceptors (Lipinski definition) is 3. The molecule has 0 radical (unpaired) electrons. The van der Waals surface area contributed by atoms with Gasteiger partial charge in [0, 0.05) is 18.3 Å². The minimum atomic E-state index is 0.101. The van der Waals surface area contributed by atoms with E-state index in [1.807, 2.05) is 36.2 Å². The molecule has 1 aliphatic carbocycles. The zero-order valence-corrected chi connectivity index (χ0v) is 10.1. The zero-order chi connectivity index (χ0) is 12.3. The second-order valence-corrected chi connectivity index (χ2v) is 4.71. The zero-order valence-electron chi connectivity index (χ0n) is 10.1. The van der Waals surface area contributed by atoms with Crippen LogP contribution in [0.25, 0.3) is 0 Å². The molecule has 1 aromatic carbocycles. The van der Waals surface area contributed by atoms with Crippen molar-refractivity contribution in [1.29, 1.82) is 0 Å². The molecule has 2 rings (SSSR count). The van der Waals surface area contributed by atoms with Crippen LogP contribution in [0.4, 0.5) is 5.69 Å². The Morgan fingerprint density at radius 2 is 2.18 bits per heavy atom. The van der Waals surface area contributed by atoms with Crippen LogP contribution in [0.3, 0.4) is 0 Å². The molecule has 1 amide bonds. The average Bonchev–Trinajstić information content (AvgIpc) is 3.05. The third kappa shape index (κ3) is 3.75. The Bertz CT molecular complexity index is 401. The first-order valence-electron chi connectivity index (χ1n) is 5.96. The summed E-state index contributed by atoms with van der Waals surface area (Å²) in [6.45, 7) is 1.12. The molecule has 1 fully saturated rings. The van der Waals surface area contributed by atoms with E-state index in [-0.39, 0.29) is 5.91 Å².